The van der Waals surface area contributed by atoms with Gasteiger partial charge in [0.1, 0.15) is 18.1 Å². The number of methoxy groups -OCH3 is 1. The Balaban J connectivity index is 1.65. The average molecular weight is 454 g/mol. The first kappa shape index (κ1) is 24.6. The molecule has 0 unspecified atom stereocenters. The first-order valence-corrected chi connectivity index (χ1v) is 11.6. The third-order valence-corrected chi connectivity index (χ3v) is 6.04. The molecule has 178 valence electrons. The maximum absolute atomic E-state index is 13.1. The molecule has 1 aliphatic heterocycles. The molecule has 33 heavy (non-hydrogen) atoms. The molecular formula is C27H35NO5. The Kier molecular flexibility index (Phi) is 8.01. The summed E-state index contributed by atoms with van der Waals surface area (Å²) < 4.78 is 16.6. The van der Waals surface area contributed by atoms with Crippen LogP contribution < -0.4 is 9.47 Å². The SMILES string of the molecule is CCOC(=O)C1CCN(C(=O)c2ccc(OC)c(COc3ccc(C(C)(C)C)cc3)c2)CC1. The van der Waals surface area contributed by atoms with Crippen molar-refractivity contribution in [3.63, 3.8) is 0 Å². The van der Waals surface area contributed by atoms with Crippen molar-refractivity contribution >= 4 is 11.9 Å². The Morgan fingerprint density at radius 3 is 2.27 bits per heavy atom. The molecule has 6 heteroatoms. The molecule has 1 aliphatic rings. The zero-order valence-electron chi connectivity index (χ0n) is 20.3. The highest BCUT2D eigenvalue weighted by Gasteiger charge is 2.29. The van der Waals surface area contributed by atoms with Crippen LogP contribution in [0.15, 0.2) is 42.5 Å². The third-order valence-electron chi connectivity index (χ3n) is 6.04. The van der Waals surface area contributed by atoms with Crippen molar-refractivity contribution in [3.05, 3.63) is 59.2 Å². The highest BCUT2D eigenvalue weighted by atomic mass is 16.5. The van der Waals surface area contributed by atoms with Gasteiger partial charge >= 0.3 is 5.97 Å². The first-order chi connectivity index (χ1) is 15.7. The van der Waals surface area contributed by atoms with Crippen LogP contribution in [0.3, 0.4) is 0 Å². The second kappa shape index (κ2) is 10.7. The van der Waals surface area contributed by atoms with Crippen LogP contribution in [0.25, 0.3) is 0 Å². The van der Waals surface area contributed by atoms with Gasteiger partial charge in [0.25, 0.3) is 5.91 Å². The minimum atomic E-state index is -0.163. The summed E-state index contributed by atoms with van der Waals surface area (Å²) in [6.07, 6.45) is 1.25. The van der Waals surface area contributed by atoms with Crippen LogP contribution in [0.4, 0.5) is 0 Å². The minimum absolute atomic E-state index is 0.0456. The van der Waals surface area contributed by atoms with Crippen molar-refractivity contribution in [1.82, 2.24) is 4.90 Å². The number of amides is 1. The van der Waals surface area contributed by atoms with E-state index in [9.17, 15) is 9.59 Å². The van der Waals surface area contributed by atoms with E-state index in [0.29, 0.717) is 50.5 Å². The quantitative estimate of drug-likeness (QED) is 0.553. The number of likely N-dealkylation sites (tertiary alicyclic amines) is 1. The molecule has 0 aromatic heterocycles. The molecule has 0 atom stereocenters. The average Bonchev–Trinajstić information content (AvgIpc) is 2.82. The number of nitrogens with zero attached hydrogens (tertiary/aromatic N) is 1. The van der Waals surface area contributed by atoms with Crippen LogP contribution in [0.1, 0.15) is 62.0 Å². The topological polar surface area (TPSA) is 65.1 Å². The van der Waals surface area contributed by atoms with Gasteiger partial charge in [0.2, 0.25) is 0 Å². The maximum atomic E-state index is 13.1. The van der Waals surface area contributed by atoms with Crippen molar-refractivity contribution in [1.29, 1.82) is 0 Å². The number of hydrogen-bond donors (Lipinski definition) is 0. The number of benzene rings is 2. The van der Waals surface area contributed by atoms with Crippen LogP contribution in [0, 0.1) is 5.92 Å². The first-order valence-electron chi connectivity index (χ1n) is 11.6. The molecule has 6 nitrogen and oxygen atoms in total. The van der Waals surface area contributed by atoms with Crippen LogP contribution in [-0.2, 0) is 21.6 Å². The van der Waals surface area contributed by atoms with Gasteiger partial charge in [-0.25, -0.2) is 0 Å². The Morgan fingerprint density at radius 1 is 1.03 bits per heavy atom. The van der Waals surface area contributed by atoms with Crippen LogP contribution in [0.2, 0.25) is 0 Å². The summed E-state index contributed by atoms with van der Waals surface area (Å²) >= 11 is 0. The van der Waals surface area contributed by atoms with E-state index in [1.165, 1.54) is 5.56 Å². The van der Waals surface area contributed by atoms with E-state index in [4.69, 9.17) is 14.2 Å². The molecule has 2 aromatic carbocycles. The summed E-state index contributed by atoms with van der Waals surface area (Å²) in [6, 6.07) is 13.5. The molecule has 1 fully saturated rings. The van der Waals surface area contributed by atoms with Gasteiger partial charge in [0.05, 0.1) is 19.6 Å². The van der Waals surface area contributed by atoms with E-state index in [1.807, 2.05) is 25.1 Å². The molecule has 0 spiro atoms. The van der Waals surface area contributed by atoms with Gasteiger partial charge in [-0.15, -0.1) is 0 Å². The van der Waals surface area contributed by atoms with Crippen molar-refractivity contribution in [2.75, 3.05) is 26.8 Å². The van der Waals surface area contributed by atoms with Crippen LogP contribution >= 0.6 is 0 Å². The Hall–Kier alpha value is -3.02. The Labute approximate surface area is 196 Å². The number of carbonyl (C=O) groups excluding carboxylic acids is 2. The molecular weight excluding hydrogens is 418 g/mol. The molecule has 1 heterocycles. The van der Waals surface area contributed by atoms with Crippen molar-refractivity contribution < 1.29 is 23.8 Å². The highest BCUT2D eigenvalue weighted by Crippen LogP contribution is 2.27. The predicted molar refractivity (Wildman–Crippen MR) is 128 cm³/mol. The molecule has 0 aliphatic carbocycles. The summed E-state index contributed by atoms with van der Waals surface area (Å²) in [5.41, 5.74) is 2.73. The molecule has 0 radical (unpaired) electrons. The van der Waals surface area contributed by atoms with Crippen molar-refractivity contribution in [2.24, 2.45) is 5.92 Å². The van der Waals surface area contributed by atoms with Gasteiger partial charge in [-0.3, -0.25) is 9.59 Å². The lowest BCUT2D eigenvalue weighted by molar-refractivity contribution is -0.149. The second-order valence-corrected chi connectivity index (χ2v) is 9.41. The Bertz CT molecular complexity index is 953. The fourth-order valence-corrected chi connectivity index (χ4v) is 4.00. The lowest BCUT2D eigenvalue weighted by atomic mass is 9.87. The normalized spacial score (nSPS) is 14.6. The fourth-order valence-electron chi connectivity index (χ4n) is 4.00. The third kappa shape index (κ3) is 6.28. The molecule has 0 bridgehead atoms. The predicted octanol–water partition coefficient (Wildman–Crippen LogP) is 4.99. The van der Waals surface area contributed by atoms with Crippen LogP contribution in [-0.4, -0.2) is 43.6 Å². The molecule has 1 saturated heterocycles. The van der Waals surface area contributed by atoms with E-state index >= 15 is 0 Å². The molecule has 1 amide bonds. The van der Waals surface area contributed by atoms with Crippen molar-refractivity contribution in [2.45, 2.75) is 52.6 Å². The van der Waals surface area contributed by atoms with Gasteiger partial charge in [-0.2, -0.15) is 0 Å². The Morgan fingerprint density at radius 2 is 1.70 bits per heavy atom. The summed E-state index contributed by atoms with van der Waals surface area (Å²) in [4.78, 5) is 26.8. The standard InChI is InChI=1S/C27H35NO5/c1-6-32-26(30)19-13-15-28(16-14-19)25(29)20-7-12-24(31-5)21(17-20)18-33-23-10-8-22(9-11-23)27(2,3)4/h7-12,17,19H,6,13-16,18H2,1-5H3. The molecule has 0 N–H and O–H groups in total. The van der Waals surface area contributed by atoms with Gasteiger partial charge < -0.3 is 19.1 Å². The zero-order chi connectivity index (χ0) is 24.0. The smallest absolute Gasteiger partial charge is 0.309 e. The van der Waals surface area contributed by atoms with E-state index in [1.54, 1.807) is 24.1 Å². The highest BCUT2D eigenvalue weighted by molar-refractivity contribution is 5.94. The molecule has 0 saturated carbocycles. The number of carbonyl (C=O) groups is 2. The van der Waals surface area contributed by atoms with E-state index in [0.717, 1.165) is 11.3 Å². The fraction of sp³-hybridized carbons (Fsp3) is 0.481. The van der Waals surface area contributed by atoms with Gasteiger partial charge in [-0.1, -0.05) is 32.9 Å². The number of ether oxygens (including phenoxy) is 3. The van der Waals surface area contributed by atoms with Gasteiger partial charge in [0, 0.05) is 24.2 Å². The summed E-state index contributed by atoms with van der Waals surface area (Å²) in [6.45, 7) is 10.1. The summed E-state index contributed by atoms with van der Waals surface area (Å²) in [7, 11) is 1.61. The van der Waals surface area contributed by atoms with E-state index in [-0.39, 0.29) is 23.2 Å². The zero-order valence-corrected chi connectivity index (χ0v) is 20.3. The number of hydrogen-bond acceptors (Lipinski definition) is 5. The van der Waals surface area contributed by atoms with Gasteiger partial charge in [0.15, 0.2) is 0 Å². The second-order valence-electron chi connectivity index (χ2n) is 9.41. The van der Waals surface area contributed by atoms with Gasteiger partial charge in [-0.05, 0) is 61.1 Å². The summed E-state index contributed by atoms with van der Waals surface area (Å²) in [5, 5.41) is 0. The molecule has 3 rings (SSSR count). The summed E-state index contributed by atoms with van der Waals surface area (Å²) in [5.74, 6) is 1.11. The van der Waals surface area contributed by atoms with Crippen molar-refractivity contribution in [3.8, 4) is 11.5 Å². The lowest BCUT2D eigenvalue weighted by Gasteiger charge is -2.31. The van der Waals surface area contributed by atoms with E-state index < -0.39 is 0 Å². The number of esters is 1. The van der Waals surface area contributed by atoms with Crippen LogP contribution in [0.5, 0.6) is 11.5 Å². The largest absolute Gasteiger partial charge is 0.496 e. The monoisotopic (exact) mass is 453 g/mol. The molecule has 2 aromatic rings. The minimum Gasteiger partial charge on any atom is -0.496 e. The van der Waals surface area contributed by atoms with E-state index in [2.05, 4.69) is 32.9 Å². The number of piperidine rings is 1. The maximum Gasteiger partial charge on any atom is 0.309 e. The lowest BCUT2D eigenvalue weighted by Crippen LogP contribution is -2.40. The number of rotatable bonds is 7.